The Balaban J connectivity index is 1.73. The Kier molecular flexibility index (Phi) is 5.94. The number of anilines is 1. The lowest BCUT2D eigenvalue weighted by molar-refractivity contribution is -0.123. The van der Waals surface area contributed by atoms with Crippen LogP contribution in [0.5, 0.6) is 0 Å². The quantitative estimate of drug-likeness (QED) is 0.800. The minimum absolute atomic E-state index is 0.0283. The van der Waals surface area contributed by atoms with Crippen LogP contribution in [0.2, 0.25) is 5.02 Å². The smallest absolute Gasteiger partial charge is 0.257 e. The highest BCUT2D eigenvalue weighted by Gasteiger charge is 2.30. The average Bonchev–Trinajstić information content (AvgIpc) is 3.02. The second-order valence-electron chi connectivity index (χ2n) is 6.87. The number of thiazole rings is 1. The molecule has 0 saturated carbocycles. The molecule has 1 heterocycles. The van der Waals surface area contributed by atoms with Crippen molar-refractivity contribution in [1.82, 2.24) is 10.3 Å². The van der Waals surface area contributed by atoms with Crippen molar-refractivity contribution in [3.05, 3.63) is 45.4 Å². The van der Waals surface area contributed by atoms with Gasteiger partial charge in [-0.15, -0.1) is 11.3 Å². The van der Waals surface area contributed by atoms with Crippen molar-refractivity contribution < 1.29 is 9.59 Å². The van der Waals surface area contributed by atoms with E-state index < -0.39 is 0 Å². The van der Waals surface area contributed by atoms with Crippen LogP contribution in [0.4, 0.5) is 5.13 Å². The Morgan fingerprint density at radius 2 is 2.04 bits per heavy atom. The van der Waals surface area contributed by atoms with Crippen molar-refractivity contribution in [2.45, 2.75) is 39.0 Å². The Morgan fingerprint density at radius 1 is 1.31 bits per heavy atom. The molecule has 1 aliphatic rings. The van der Waals surface area contributed by atoms with Gasteiger partial charge in [0, 0.05) is 22.0 Å². The lowest BCUT2D eigenvalue weighted by atomic mass is 9.90. The van der Waals surface area contributed by atoms with E-state index in [4.69, 9.17) is 11.6 Å². The minimum Gasteiger partial charge on any atom is -0.355 e. The summed E-state index contributed by atoms with van der Waals surface area (Å²) < 4.78 is 0. The SMILES string of the molecule is CC(C)CNC(=O)C1CCCc2sc(NC(=O)c3ccc(Cl)cc3)nc21. The molecule has 138 valence electrons. The van der Waals surface area contributed by atoms with Gasteiger partial charge < -0.3 is 5.32 Å². The Labute approximate surface area is 162 Å². The average molecular weight is 392 g/mol. The van der Waals surface area contributed by atoms with Gasteiger partial charge in [0.2, 0.25) is 5.91 Å². The maximum atomic E-state index is 12.5. The van der Waals surface area contributed by atoms with Crippen molar-refractivity contribution in [2.75, 3.05) is 11.9 Å². The van der Waals surface area contributed by atoms with Crippen molar-refractivity contribution in [3.8, 4) is 0 Å². The van der Waals surface area contributed by atoms with Crippen molar-refractivity contribution in [2.24, 2.45) is 5.92 Å². The molecule has 26 heavy (non-hydrogen) atoms. The van der Waals surface area contributed by atoms with E-state index >= 15 is 0 Å². The third-order valence-corrected chi connectivity index (χ3v) is 5.58. The molecule has 5 nitrogen and oxygen atoms in total. The third kappa shape index (κ3) is 4.43. The van der Waals surface area contributed by atoms with E-state index in [9.17, 15) is 9.59 Å². The second-order valence-corrected chi connectivity index (χ2v) is 8.39. The highest BCUT2D eigenvalue weighted by molar-refractivity contribution is 7.16. The topological polar surface area (TPSA) is 71.1 Å². The monoisotopic (exact) mass is 391 g/mol. The molecule has 2 N–H and O–H groups in total. The van der Waals surface area contributed by atoms with Crippen LogP contribution in [0.1, 0.15) is 53.5 Å². The van der Waals surface area contributed by atoms with E-state index in [1.165, 1.54) is 11.3 Å². The summed E-state index contributed by atoms with van der Waals surface area (Å²) in [5.74, 6) is -0.0179. The van der Waals surface area contributed by atoms with Gasteiger partial charge in [0.1, 0.15) is 0 Å². The molecule has 1 atom stereocenters. The molecule has 0 spiro atoms. The number of carbonyl (C=O) groups is 2. The fourth-order valence-electron chi connectivity index (χ4n) is 2.93. The van der Waals surface area contributed by atoms with Crippen LogP contribution in [0, 0.1) is 5.92 Å². The first kappa shape index (κ1) is 18.9. The number of nitrogens with one attached hydrogen (secondary N) is 2. The number of nitrogens with zero attached hydrogens (tertiary/aromatic N) is 1. The molecule has 1 aromatic carbocycles. The number of carbonyl (C=O) groups excluding carboxylic acids is 2. The number of halogens is 1. The highest BCUT2D eigenvalue weighted by atomic mass is 35.5. The predicted octanol–water partition coefficient (Wildman–Crippen LogP) is 4.24. The largest absolute Gasteiger partial charge is 0.355 e. The number of benzene rings is 1. The molecule has 0 radical (unpaired) electrons. The number of hydrogen-bond acceptors (Lipinski definition) is 4. The van der Waals surface area contributed by atoms with Crippen LogP contribution in [0.15, 0.2) is 24.3 Å². The van der Waals surface area contributed by atoms with Gasteiger partial charge in [0.15, 0.2) is 5.13 Å². The van der Waals surface area contributed by atoms with Crippen molar-refractivity contribution >= 4 is 39.9 Å². The van der Waals surface area contributed by atoms with Gasteiger partial charge >= 0.3 is 0 Å². The molecule has 2 amide bonds. The Bertz CT molecular complexity index is 802. The first-order chi connectivity index (χ1) is 12.4. The normalized spacial score (nSPS) is 16.2. The Hall–Kier alpha value is -1.92. The number of rotatable bonds is 5. The Morgan fingerprint density at radius 3 is 2.73 bits per heavy atom. The van der Waals surface area contributed by atoms with Crippen LogP contribution in [0.3, 0.4) is 0 Å². The molecule has 1 aliphatic carbocycles. The molecule has 1 unspecified atom stereocenters. The van der Waals surface area contributed by atoms with Gasteiger partial charge in [-0.25, -0.2) is 4.98 Å². The predicted molar refractivity (Wildman–Crippen MR) is 105 cm³/mol. The zero-order valence-electron chi connectivity index (χ0n) is 14.8. The summed E-state index contributed by atoms with van der Waals surface area (Å²) >= 11 is 7.31. The molecule has 0 saturated heterocycles. The van der Waals surface area contributed by atoms with Gasteiger partial charge in [-0.3, -0.25) is 14.9 Å². The van der Waals surface area contributed by atoms with Gasteiger partial charge in [0.25, 0.3) is 5.91 Å². The highest BCUT2D eigenvalue weighted by Crippen LogP contribution is 2.37. The van der Waals surface area contributed by atoms with E-state index in [1.54, 1.807) is 24.3 Å². The van der Waals surface area contributed by atoms with E-state index in [0.29, 0.717) is 28.2 Å². The van der Waals surface area contributed by atoms with Crippen LogP contribution in [-0.4, -0.2) is 23.3 Å². The van der Waals surface area contributed by atoms with Gasteiger partial charge in [-0.05, 0) is 49.4 Å². The number of fused-ring (bicyclic) bond motifs is 1. The van der Waals surface area contributed by atoms with Crippen molar-refractivity contribution in [3.63, 3.8) is 0 Å². The molecule has 2 aromatic rings. The van der Waals surface area contributed by atoms with E-state index in [2.05, 4.69) is 29.5 Å². The minimum atomic E-state index is -0.228. The summed E-state index contributed by atoms with van der Waals surface area (Å²) in [6.07, 6.45) is 2.66. The van der Waals surface area contributed by atoms with Crippen LogP contribution in [-0.2, 0) is 11.2 Å². The summed E-state index contributed by atoms with van der Waals surface area (Å²) in [6, 6.07) is 6.71. The van der Waals surface area contributed by atoms with Gasteiger partial charge in [-0.1, -0.05) is 25.4 Å². The lowest BCUT2D eigenvalue weighted by Gasteiger charge is -2.20. The molecular formula is C19H22ClN3O2S. The zero-order valence-corrected chi connectivity index (χ0v) is 16.4. The standard InChI is InChI=1S/C19H22ClN3O2S/c1-11(2)10-21-18(25)14-4-3-5-15-16(14)22-19(26-15)23-17(24)12-6-8-13(20)9-7-12/h6-9,11,14H,3-5,10H2,1-2H3,(H,21,25)(H,22,23,24). The third-order valence-electron chi connectivity index (χ3n) is 4.28. The number of hydrogen-bond donors (Lipinski definition) is 2. The summed E-state index contributed by atoms with van der Waals surface area (Å²) in [5, 5.41) is 6.96. The first-order valence-electron chi connectivity index (χ1n) is 8.78. The molecule has 1 aromatic heterocycles. The van der Waals surface area contributed by atoms with E-state index in [1.807, 2.05) is 0 Å². The van der Waals surface area contributed by atoms with Gasteiger partial charge in [0.05, 0.1) is 11.6 Å². The summed E-state index contributed by atoms with van der Waals surface area (Å²) in [5.41, 5.74) is 1.34. The lowest BCUT2D eigenvalue weighted by Crippen LogP contribution is -2.33. The summed E-state index contributed by atoms with van der Waals surface area (Å²) in [7, 11) is 0. The number of aryl methyl sites for hydroxylation is 1. The molecule has 0 bridgehead atoms. The molecule has 7 heteroatoms. The van der Waals surface area contributed by atoms with E-state index in [0.717, 1.165) is 29.8 Å². The van der Waals surface area contributed by atoms with E-state index in [-0.39, 0.29) is 17.7 Å². The molecule has 0 aliphatic heterocycles. The molecule has 3 rings (SSSR count). The zero-order chi connectivity index (χ0) is 18.7. The molecule has 0 fully saturated rings. The van der Waals surface area contributed by atoms with Crippen LogP contribution in [0.25, 0.3) is 0 Å². The fourth-order valence-corrected chi connectivity index (χ4v) is 4.11. The summed E-state index contributed by atoms with van der Waals surface area (Å²) in [6.45, 7) is 4.80. The number of aromatic nitrogens is 1. The number of amides is 2. The van der Waals surface area contributed by atoms with Gasteiger partial charge in [-0.2, -0.15) is 0 Å². The summed E-state index contributed by atoms with van der Waals surface area (Å²) in [4.78, 5) is 30.5. The maximum absolute atomic E-state index is 12.5. The van der Waals surface area contributed by atoms with Crippen LogP contribution >= 0.6 is 22.9 Å². The van der Waals surface area contributed by atoms with Crippen molar-refractivity contribution in [1.29, 1.82) is 0 Å². The maximum Gasteiger partial charge on any atom is 0.257 e. The second kappa shape index (κ2) is 8.18. The first-order valence-corrected chi connectivity index (χ1v) is 9.97. The fraction of sp³-hybridized carbons (Fsp3) is 0.421. The molecular weight excluding hydrogens is 370 g/mol. The van der Waals surface area contributed by atoms with Crippen LogP contribution < -0.4 is 10.6 Å².